The summed E-state index contributed by atoms with van der Waals surface area (Å²) in [5.74, 6) is 1.48. The topological polar surface area (TPSA) is 115 Å². The fourth-order valence-electron chi connectivity index (χ4n) is 4.74. The highest BCUT2D eigenvalue weighted by Crippen LogP contribution is 2.34. The van der Waals surface area contributed by atoms with Crippen molar-refractivity contribution in [2.24, 2.45) is 5.92 Å². The number of hydrogen-bond acceptors (Lipinski definition) is 7. The molecule has 2 N–H and O–H groups in total. The standard InChI is InChI=1S/C27H31N3O7/c1-3-16(2)28-26(32)24(29-25(31)18-4-6-20-22(12-18)36-14-34-20)17-8-10-30(11-9-17)27(33)19-5-7-21-23(13-19)37-15-35-21/h4-7,12-13,16-17,24H,3,8-11,14-15H2,1-2H3,(H,28,32)(H,29,31)/t16-,24+/m1/s1. The van der Waals surface area contributed by atoms with Crippen LogP contribution in [0.15, 0.2) is 36.4 Å². The summed E-state index contributed by atoms with van der Waals surface area (Å²) in [6.07, 6.45) is 1.93. The zero-order valence-electron chi connectivity index (χ0n) is 21.0. The van der Waals surface area contributed by atoms with Crippen LogP contribution in [-0.4, -0.2) is 61.4 Å². The Morgan fingerprint density at radius 3 is 2.05 bits per heavy atom. The first-order valence-electron chi connectivity index (χ1n) is 12.6. The Labute approximate surface area is 215 Å². The van der Waals surface area contributed by atoms with Crippen LogP contribution in [0.1, 0.15) is 53.8 Å². The molecule has 3 aliphatic rings. The summed E-state index contributed by atoms with van der Waals surface area (Å²) < 4.78 is 21.4. The van der Waals surface area contributed by atoms with Gasteiger partial charge in [-0.25, -0.2) is 0 Å². The maximum absolute atomic E-state index is 13.2. The average Bonchev–Trinajstić information content (AvgIpc) is 3.59. The molecule has 10 nitrogen and oxygen atoms in total. The Kier molecular flexibility index (Phi) is 7.07. The molecule has 3 heterocycles. The number of fused-ring (bicyclic) bond motifs is 2. The van der Waals surface area contributed by atoms with Crippen LogP contribution in [0.2, 0.25) is 0 Å². The van der Waals surface area contributed by atoms with Crippen LogP contribution < -0.4 is 29.6 Å². The third-order valence-electron chi connectivity index (χ3n) is 7.12. The van der Waals surface area contributed by atoms with Gasteiger partial charge in [0.25, 0.3) is 11.8 Å². The second-order valence-corrected chi connectivity index (χ2v) is 9.53. The number of ether oxygens (including phenoxy) is 4. The van der Waals surface area contributed by atoms with Gasteiger partial charge in [0.2, 0.25) is 19.5 Å². The highest BCUT2D eigenvalue weighted by Gasteiger charge is 2.35. The molecule has 1 fully saturated rings. The minimum atomic E-state index is -0.727. The van der Waals surface area contributed by atoms with Gasteiger partial charge >= 0.3 is 0 Å². The highest BCUT2D eigenvalue weighted by atomic mass is 16.7. The maximum Gasteiger partial charge on any atom is 0.253 e. The third kappa shape index (κ3) is 5.28. The fraction of sp³-hybridized carbons (Fsp3) is 0.444. The predicted molar refractivity (Wildman–Crippen MR) is 133 cm³/mol. The highest BCUT2D eigenvalue weighted by molar-refractivity contribution is 5.98. The van der Waals surface area contributed by atoms with Crippen molar-refractivity contribution in [3.8, 4) is 23.0 Å². The minimum absolute atomic E-state index is 0.0230. The number of amides is 3. The first kappa shape index (κ1) is 24.7. The molecule has 2 atom stereocenters. The number of hydrogen-bond donors (Lipinski definition) is 2. The SMILES string of the molecule is CC[C@@H](C)NC(=O)[C@@H](NC(=O)c1ccc2c(c1)OCO2)C1CCN(C(=O)c2ccc3c(c2)OCO3)CC1. The van der Waals surface area contributed by atoms with Gasteiger partial charge in [-0.1, -0.05) is 6.92 Å². The van der Waals surface area contributed by atoms with Crippen LogP contribution in [-0.2, 0) is 4.79 Å². The zero-order chi connectivity index (χ0) is 25.9. The molecule has 0 spiro atoms. The first-order valence-corrected chi connectivity index (χ1v) is 12.6. The quantitative estimate of drug-likeness (QED) is 0.590. The number of carbonyl (C=O) groups excluding carboxylic acids is 3. The lowest BCUT2D eigenvalue weighted by Gasteiger charge is -2.36. The Bertz CT molecular complexity index is 1190. The first-order chi connectivity index (χ1) is 17.9. The van der Waals surface area contributed by atoms with Gasteiger partial charge in [-0.15, -0.1) is 0 Å². The molecule has 2 aromatic carbocycles. The van der Waals surface area contributed by atoms with Crippen molar-refractivity contribution in [3.05, 3.63) is 47.5 Å². The lowest BCUT2D eigenvalue weighted by Crippen LogP contribution is -2.55. The van der Waals surface area contributed by atoms with Crippen molar-refractivity contribution < 1.29 is 33.3 Å². The molecule has 3 amide bonds. The summed E-state index contributed by atoms with van der Waals surface area (Å²) in [7, 11) is 0. The molecule has 0 aromatic heterocycles. The summed E-state index contributed by atoms with van der Waals surface area (Å²) in [5, 5.41) is 5.95. The van der Waals surface area contributed by atoms with Crippen LogP contribution in [0.5, 0.6) is 23.0 Å². The summed E-state index contributed by atoms with van der Waals surface area (Å²) in [6, 6.07) is 9.38. The van der Waals surface area contributed by atoms with Crippen LogP contribution in [0.25, 0.3) is 0 Å². The molecule has 2 aromatic rings. The molecule has 5 rings (SSSR count). The van der Waals surface area contributed by atoms with E-state index in [1.807, 2.05) is 13.8 Å². The molecule has 0 unspecified atom stereocenters. The number of benzene rings is 2. The molecular formula is C27H31N3O7. The number of nitrogens with zero attached hydrogens (tertiary/aromatic N) is 1. The number of piperidine rings is 1. The molecule has 37 heavy (non-hydrogen) atoms. The molecule has 196 valence electrons. The Balaban J connectivity index is 1.26. The monoisotopic (exact) mass is 509 g/mol. The smallest absolute Gasteiger partial charge is 0.253 e. The van der Waals surface area contributed by atoms with Gasteiger partial charge in [-0.3, -0.25) is 14.4 Å². The lowest BCUT2D eigenvalue weighted by atomic mass is 9.88. The number of likely N-dealkylation sites (tertiary alicyclic amines) is 1. The summed E-state index contributed by atoms with van der Waals surface area (Å²) in [6.45, 7) is 5.14. The number of carbonyl (C=O) groups is 3. The van der Waals surface area contributed by atoms with Gasteiger partial charge in [-0.2, -0.15) is 0 Å². The van der Waals surface area contributed by atoms with E-state index in [1.165, 1.54) is 0 Å². The van der Waals surface area contributed by atoms with E-state index in [4.69, 9.17) is 18.9 Å². The van der Waals surface area contributed by atoms with Gasteiger partial charge in [-0.05, 0) is 68.5 Å². The predicted octanol–water partition coefficient (Wildman–Crippen LogP) is 2.71. The van der Waals surface area contributed by atoms with Crippen LogP contribution in [0, 0.1) is 5.92 Å². The lowest BCUT2D eigenvalue weighted by molar-refractivity contribution is -0.125. The van der Waals surface area contributed by atoms with E-state index in [0.29, 0.717) is 60.1 Å². The summed E-state index contributed by atoms with van der Waals surface area (Å²) in [5.41, 5.74) is 0.922. The van der Waals surface area contributed by atoms with E-state index in [1.54, 1.807) is 41.3 Å². The van der Waals surface area contributed by atoms with Crippen LogP contribution >= 0.6 is 0 Å². The second kappa shape index (κ2) is 10.6. The Hall–Kier alpha value is -3.95. The summed E-state index contributed by atoms with van der Waals surface area (Å²) in [4.78, 5) is 41.3. The number of rotatable bonds is 7. The largest absolute Gasteiger partial charge is 0.454 e. The van der Waals surface area contributed by atoms with Gasteiger partial charge in [0.15, 0.2) is 23.0 Å². The van der Waals surface area contributed by atoms with E-state index in [9.17, 15) is 14.4 Å². The van der Waals surface area contributed by atoms with E-state index in [2.05, 4.69) is 10.6 Å². The van der Waals surface area contributed by atoms with Gasteiger partial charge in [0.05, 0.1) is 0 Å². The Morgan fingerprint density at radius 1 is 0.865 bits per heavy atom. The molecule has 10 heteroatoms. The van der Waals surface area contributed by atoms with E-state index in [-0.39, 0.29) is 43.3 Å². The van der Waals surface area contributed by atoms with Crippen LogP contribution in [0.3, 0.4) is 0 Å². The molecule has 3 aliphatic heterocycles. The second-order valence-electron chi connectivity index (χ2n) is 9.53. The zero-order valence-corrected chi connectivity index (χ0v) is 21.0. The van der Waals surface area contributed by atoms with Crippen molar-refractivity contribution in [2.45, 2.75) is 45.2 Å². The Morgan fingerprint density at radius 2 is 1.43 bits per heavy atom. The van der Waals surface area contributed by atoms with E-state index in [0.717, 1.165) is 6.42 Å². The van der Waals surface area contributed by atoms with Crippen molar-refractivity contribution in [1.29, 1.82) is 0 Å². The maximum atomic E-state index is 13.2. The average molecular weight is 510 g/mol. The third-order valence-corrected chi connectivity index (χ3v) is 7.12. The van der Waals surface area contributed by atoms with Gasteiger partial charge in [0.1, 0.15) is 6.04 Å². The molecule has 0 radical (unpaired) electrons. The van der Waals surface area contributed by atoms with E-state index >= 15 is 0 Å². The number of nitrogens with one attached hydrogen (secondary N) is 2. The van der Waals surface area contributed by atoms with E-state index < -0.39 is 6.04 Å². The van der Waals surface area contributed by atoms with Crippen molar-refractivity contribution in [3.63, 3.8) is 0 Å². The van der Waals surface area contributed by atoms with Gasteiger partial charge in [0, 0.05) is 30.3 Å². The summed E-state index contributed by atoms with van der Waals surface area (Å²) >= 11 is 0. The fourth-order valence-corrected chi connectivity index (χ4v) is 4.74. The molecule has 0 saturated carbocycles. The minimum Gasteiger partial charge on any atom is -0.454 e. The molecule has 0 aliphatic carbocycles. The molecular weight excluding hydrogens is 478 g/mol. The van der Waals surface area contributed by atoms with Crippen LogP contribution in [0.4, 0.5) is 0 Å². The van der Waals surface area contributed by atoms with Crippen molar-refractivity contribution in [2.75, 3.05) is 26.7 Å². The van der Waals surface area contributed by atoms with Crippen molar-refractivity contribution >= 4 is 17.7 Å². The molecule has 0 bridgehead atoms. The normalized spacial score (nSPS) is 17.7. The van der Waals surface area contributed by atoms with Crippen molar-refractivity contribution in [1.82, 2.24) is 15.5 Å². The van der Waals surface area contributed by atoms with Gasteiger partial charge < -0.3 is 34.5 Å². The molecule has 1 saturated heterocycles.